The Bertz CT molecular complexity index is 1840. The average Bonchev–Trinajstić information content (AvgIpc) is 3.87. The maximum Gasteiger partial charge on any atom is 0.278 e. The molecular formula is C34H41N7O5. The molecule has 2 aliphatic carbocycles. The number of ether oxygens (including phenoxy) is 2. The quantitative estimate of drug-likeness (QED) is 0.293. The molecule has 4 aromatic rings. The molecule has 6 heterocycles. The van der Waals surface area contributed by atoms with E-state index in [1.807, 2.05) is 18.5 Å². The molecule has 12 heteroatoms. The lowest BCUT2D eigenvalue weighted by Crippen LogP contribution is -2.41. The first kappa shape index (κ1) is 29.5. The van der Waals surface area contributed by atoms with Gasteiger partial charge >= 0.3 is 0 Å². The van der Waals surface area contributed by atoms with Gasteiger partial charge in [-0.1, -0.05) is 11.6 Å². The molecule has 0 unspecified atom stereocenters. The Kier molecular flexibility index (Phi) is 7.51. The molecule has 8 rings (SSSR count). The third kappa shape index (κ3) is 5.06. The summed E-state index contributed by atoms with van der Waals surface area (Å²) >= 11 is 0. The van der Waals surface area contributed by atoms with Crippen molar-refractivity contribution in [1.82, 2.24) is 34.4 Å². The summed E-state index contributed by atoms with van der Waals surface area (Å²) in [7, 11) is 2.13. The lowest BCUT2D eigenvalue weighted by Gasteiger charge is -2.36. The maximum absolute atomic E-state index is 13.5. The largest absolute Gasteiger partial charge is 0.473 e. The Morgan fingerprint density at radius 2 is 2.00 bits per heavy atom. The summed E-state index contributed by atoms with van der Waals surface area (Å²) in [6, 6.07) is 3.96. The van der Waals surface area contributed by atoms with Crippen molar-refractivity contribution < 1.29 is 18.8 Å². The van der Waals surface area contributed by atoms with Crippen LogP contribution in [-0.2, 0) is 27.9 Å². The van der Waals surface area contributed by atoms with Crippen LogP contribution in [0.5, 0.6) is 5.88 Å². The number of likely N-dealkylation sites (tertiary alicyclic amines) is 1. The molecule has 242 valence electrons. The van der Waals surface area contributed by atoms with E-state index >= 15 is 0 Å². The summed E-state index contributed by atoms with van der Waals surface area (Å²) in [5.41, 5.74) is 1.10. The van der Waals surface area contributed by atoms with Crippen molar-refractivity contribution in [3.63, 3.8) is 0 Å². The molecule has 0 radical (unpaired) electrons. The van der Waals surface area contributed by atoms with E-state index in [1.165, 1.54) is 0 Å². The monoisotopic (exact) mass is 627 g/mol. The number of pyridine rings is 1. The van der Waals surface area contributed by atoms with Gasteiger partial charge in [-0.25, -0.2) is 9.67 Å². The Balaban J connectivity index is 1.20. The van der Waals surface area contributed by atoms with E-state index in [4.69, 9.17) is 29.1 Å². The van der Waals surface area contributed by atoms with Crippen LogP contribution in [-0.4, -0.2) is 79.1 Å². The Morgan fingerprint density at radius 3 is 2.80 bits per heavy atom. The van der Waals surface area contributed by atoms with E-state index in [-0.39, 0.29) is 23.5 Å². The fraction of sp³-hybridized carbons (Fsp3) is 0.588. The molecule has 4 aliphatic rings. The lowest BCUT2D eigenvalue weighted by molar-refractivity contribution is -0.128. The summed E-state index contributed by atoms with van der Waals surface area (Å²) in [6.45, 7) is 5.12. The summed E-state index contributed by atoms with van der Waals surface area (Å²) in [5, 5.41) is 9.96. The Labute approximate surface area is 267 Å². The van der Waals surface area contributed by atoms with Crippen LogP contribution in [0.2, 0.25) is 0 Å². The number of rotatable bonds is 7. The number of hydrogen-bond acceptors (Lipinski definition) is 10. The van der Waals surface area contributed by atoms with E-state index < -0.39 is 5.41 Å². The minimum absolute atomic E-state index is 0.110. The highest BCUT2D eigenvalue weighted by atomic mass is 16.5. The van der Waals surface area contributed by atoms with Crippen LogP contribution in [0.4, 0.5) is 0 Å². The van der Waals surface area contributed by atoms with E-state index in [2.05, 4.69) is 24.0 Å². The molecule has 1 saturated carbocycles. The van der Waals surface area contributed by atoms with Crippen molar-refractivity contribution in [1.29, 1.82) is 0 Å². The molecule has 0 N–H and O–H groups in total. The van der Waals surface area contributed by atoms with Crippen molar-refractivity contribution in [2.75, 3.05) is 26.8 Å². The Hall–Kier alpha value is -3.90. The van der Waals surface area contributed by atoms with Crippen LogP contribution < -0.4 is 10.3 Å². The van der Waals surface area contributed by atoms with E-state index in [9.17, 15) is 9.59 Å². The number of carbonyl (C=O) groups excluding carboxylic acids is 1. The van der Waals surface area contributed by atoms with Gasteiger partial charge in [0.15, 0.2) is 28.6 Å². The molecule has 46 heavy (non-hydrogen) atoms. The summed E-state index contributed by atoms with van der Waals surface area (Å²) in [4.78, 5) is 38.9. The summed E-state index contributed by atoms with van der Waals surface area (Å²) in [6.07, 6.45) is 12.4. The molecule has 12 nitrogen and oxygen atoms in total. The first-order valence-electron chi connectivity index (χ1n) is 16.9. The zero-order chi connectivity index (χ0) is 31.4. The second-order valence-electron chi connectivity index (χ2n) is 13.7. The number of hydrogen-bond donors (Lipinski definition) is 0. The molecule has 0 amide bonds. The fourth-order valence-electron chi connectivity index (χ4n) is 8.18. The number of ketones is 1. The molecular weight excluding hydrogens is 586 g/mol. The predicted molar refractivity (Wildman–Crippen MR) is 169 cm³/mol. The average molecular weight is 628 g/mol. The van der Waals surface area contributed by atoms with Crippen LogP contribution in [0.1, 0.15) is 76.0 Å². The minimum Gasteiger partial charge on any atom is -0.473 e. The normalized spacial score (nSPS) is 25.8. The molecule has 3 fully saturated rings. The van der Waals surface area contributed by atoms with Crippen LogP contribution >= 0.6 is 0 Å². The highest BCUT2D eigenvalue weighted by Gasteiger charge is 2.48. The number of likely N-dealkylation sites (N-methyl/N-ethyl adjacent to an activating group) is 1. The second-order valence-corrected chi connectivity index (χ2v) is 13.7. The van der Waals surface area contributed by atoms with Gasteiger partial charge in [0, 0.05) is 60.9 Å². The number of carbonyl (C=O) groups is 1. The third-order valence-corrected chi connectivity index (χ3v) is 10.7. The van der Waals surface area contributed by atoms with Crippen molar-refractivity contribution in [2.24, 2.45) is 5.92 Å². The van der Waals surface area contributed by atoms with E-state index in [0.717, 1.165) is 81.9 Å². The van der Waals surface area contributed by atoms with Gasteiger partial charge in [0.2, 0.25) is 5.88 Å². The highest BCUT2D eigenvalue weighted by Crippen LogP contribution is 2.47. The topological polar surface area (TPSA) is 130 Å². The van der Waals surface area contributed by atoms with Crippen molar-refractivity contribution in [2.45, 2.75) is 95.2 Å². The first-order chi connectivity index (χ1) is 22.4. The Morgan fingerprint density at radius 1 is 1.11 bits per heavy atom. The van der Waals surface area contributed by atoms with Gasteiger partial charge < -0.3 is 18.6 Å². The molecule has 4 aromatic heterocycles. The lowest BCUT2D eigenvalue weighted by atomic mass is 9.64. The number of Topliss-reactive ketones (excluding diaryl/α,β-unsaturated/α-hetero) is 1. The number of fused-ring (bicyclic) bond motifs is 3. The van der Waals surface area contributed by atoms with Gasteiger partial charge in [0.05, 0.1) is 12.0 Å². The zero-order valence-electron chi connectivity index (χ0n) is 26.6. The smallest absolute Gasteiger partial charge is 0.278 e. The van der Waals surface area contributed by atoms with Crippen LogP contribution in [0, 0.1) is 5.92 Å². The molecule has 4 atom stereocenters. The maximum atomic E-state index is 13.5. The highest BCUT2D eigenvalue weighted by molar-refractivity contribution is 5.91. The van der Waals surface area contributed by atoms with Gasteiger partial charge in [-0.3, -0.25) is 14.5 Å². The summed E-state index contributed by atoms with van der Waals surface area (Å²) in [5.74, 6) is 2.50. The molecule has 0 bridgehead atoms. The predicted octanol–water partition coefficient (Wildman–Crippen LogP) is 4.25. The van der Waals surface area contributed by atoms with Crippen molar-refractivity contribution >= 4 is 16.7 Å². The zero-order valence-corrected chi connectivity index (χ0v) is 26.6. The van der Waals surface area contributed by atoms with Gasteiger partial charge in [0.1, 0.15) is 11.9 Å². The standard InChI is InChI=1S/C34H41N7O5/c1-21(25-8-6-14-39(25)2)45-28-17-27(41-19-23-10-15-40(33(43)29(23)37-41)18-22-11-16-44-20-22)35-32(36-28)30-24-7-5-13-34(31(24)46-38-30)12-4-3-9-26(34)42/h10,15,17,19,21-22,25H,3-9,11-14,16,18,20H2,1-2H3/t21-,22+,25-,34+/m0/s1. The SMILES string of the molecule is C[C@H](Oc1cc(-n2cc3ccn(C[C@H]4CCOC4)c(=O)c3n2)nc(-c2noc3c2CCC[C@@]32CCCCC2=O)n1)[C@@H]1CCCN1C. The summed E-state index contributed by atoms with van der Waals surface area (Å²) < 4.78 is 21.4. The second kappa shape index (κ2) is 11.7. The fourth-order valence-corrected chi connectivity index (χ4v) is 8.18. The van der Waals surface area contributed by atoms with Gasteiger partial charge in [-0.15, -0.1) is 0 Å². The van der Waals surface area contributed by atoms with Crippen LogP contribution in [0.25, 0.3) is 28.2 Å². The van der Waals surface area contributed by atoms with E-state index in [0.29, 0.717) is 60.0 Å². The molecule has 2 saturated heterocycles. The van der Waals surface area contributed by atoms with Crippen molar-refractivity contribution in [3.05, 3.63) is 46.2 Å². The van der Waals surface area contributed by atoms with E-state index in [1.54, 1.807) is 15.3 Å². The van der Waals surface area contributed by atoms with Crippen LogP contribution in [0.15, 0.2) is 33.8 Å². The number of nitrogens with zero attached hydrogens (tertiary/aromatic N) is 7. The number of aromatic nitrogens is 6. The van der Waals surface area contributed by atoms with Gasteiger partial charge in [-0.05, 0) is 77.9 Å². The van der Waals surface area contributed by atoms with Crippen molar-refractivity contribution in [3.8, 4) is 23.2 Å². The minimum atomic E-state index is -0.597. The van der Waals surface area contributed by atoms with Crippen LogP contribution in [0.3, 0.4) is 0 Å². The molecule has 0 aromatic carbocycles. The van der Waals surface area contributed by atoms with Gasteiger partial charge in [0.25, 0.3) is 5.56 Å². The molecule has 2 aliphatic heterocycles. The third-order valence-electron chi connectivity index (χ3n) is 10.7. The molecule has 1 spiro atoms. The first-order valence-corrected chi connectivity index (χ1v) is 16.9. The van der Waals surface area contributed by atoms with Gasteiger partial charge in [-0.2, -0.15) is 10.1 Å².